The van der Waals surface area contributed by atoms with Gasteiger partial charge in [0, 0.05) is 23.2 Å². The van der Waals surface area contributed by atoms with E-state index >= 15 is 0 Å². The van der Waals surface area contributed by atoms with Gasteiger partial charge in [-0.15, -0.1) is 17.3 Å². The molecule has 1 amide bonds. The van der Waals surface area contributed by atoms with E-state index in [0.29, 0.717) is 0 Å². The van der Waals surface area contributed by atoms with Crippen LogP contribution in [0.2, 0.25) is 0 Å². The molecule has 2 aliphatic heterocycles. The van der Waals surface area contributed by atoms with Gasteiger partial charge in [-0.3, -0.25) is 9.69 Å². The molecule has 1 aromatic heterocycles. The lowest BCUT2D eigenvalue weighted by Gasteiger charge is -2.25. The monoisotopic (exact) mass is 407 g/mol. The van der Waals surface area contributed by atoms with E-state index in [1.807, 2.05) is 23.6 Å². The summed E-state index contributed by atoms with van der Waals surface area (Å²) >= 11 is 1.64. The van der Waals surface area contributed by atoms with Crippen LogP contribution in [0.25, 0.3) is 0 Å². The van der Waals surface area contributed by atoms with Crippen LogP contribution in [0.1, 0.15) is 53.8 Å². The highest BCUT2D eigenvalue weighted by molar-refractivity contribution is 7.10. The smallest absolute Gasteiger partial charge is 0.258 e. The zero-order valence-electron chi connectivity index (χ0n) is 17.2. The van der Waals surface area contributed by atoms with Crippen LogP contribution < -0.4 is 10.2 Å². The Morgan fingerprint density at radius 2 is 1.90 bits per heavy atom. The van der Waals surface area contributed by atoms with Gasteiger partial charge in [0.05, 0.1) is 29.2 Å². The fraction of sp³-hybridized carbons (Fsp3) is 0.458. The summed E-state index contributed by atoms with van der Waals surface area (Å²) in [6, 6.07) is 8.07. The number of thiophene rings is 1. The molecule has 1 fully saturated rings. The second-order valence-corrected chi connectivity index (χ2v) is 8.91. The molecular weight excluding hydrogens is 378 g/mol. The van der Waals surface area contributed by atoms with Gasteiger partial charge in [0.1, 0.15) is 0 Å². The van der Waals surface area contributed by atoms with Crippen molar-refractivity contribution in [3.63, 3.8) is 0 Å². The third kappa shape index (κ3) is 4.66. The van der Waals surface area contributed by atoms with Gasteiger partial charge in [-0.05, 0) is 51.4 Å². The first-order chi connectivity index (χ1) is 14.2. The SMILES string of the molecule is Cc1scc2c1N(CCCC#CCN1CCCCCC1)c1ccccc1NC2=O. The topological polar surface area (TPSA) is 35.6 Å². The summed E-state index contributed by atoms with van der Waals surface area (Å²) in [6.07, 6.45) is 7.21. The van der Waals surface area contributed by atoms with E-state index in [4.69, 9.17) is 0 Å². The van der Waals surface area contributed by atoms with Gasteiger partial charge in [-0.2, -0.15) is 0 Å². The van der Waals surface area contributed by atoms with Gasteiger partial charge < -0.3 is 10.2 Å². The van der Waals surface area contributed by atoms with Crippen molar-refractivity contribution < 1.29 is 4.79 Å². The number of para-hydroxylation sites is 2. The lowest BCUT2D eigenvalue weighted by atomic mass is 10.1. The van der Waals surface area contributed by atoms with Crippen molar-refractivity contribution in [3.05, 3.63) is 40.1 Å². The second-order valence-electron chi connectivity index (χ2n) is 7.82. The zero-order valence-corrected chi connectivity index (χ0v) is 18.0. The fourth-order valence-electron chi connectivity index (χ4n) is 4.18. The highest BCUT2D eigenvalue weighted by Gasteiger charge is 2.27. The molecule has 4 rings (SSSR count). The summed E-state index contributed by atoms with van der Waals surface area (Å²) < 4.78 is 0. The van der Waals surface area contributed by atoms with E-state index in [-0.39, 0.29) is 5.91 Å². The van der Waals surface area contributed by atoms with Crippen LogP contribution in [-0.2, 0) is 0 Å². The summed E-state index contributed by atoms with van der Waals surface area (Å²) in [5.41, 5.74) is 3.77. The molecule has 4 nitrogen and oxygen atoms in total. The Hall–Kier alpha value is -2.29. The number of benzene rings is 1. The van der Waals surface area contributed by atoms with Crippen LogP contribution in [0.15, 0.2) is 29.6 Å². The molecule has 3 heterocycles. The Morgan fingerprint density at radius 3 is 2.72 bits per heavy atom. The molecule has 1 aromatic carbocycles. The van der Waals surface area contributed by atoms with Crippen molar-refractivity contribution in [1.29, 1.82) is 0 Å². The Labute approximate surface area is 177 Å². The number of aryl methyl sites for hydroxylation is 1. The second kappa shape index (κ2) is 9.47. The van der Waals surface area contributed by atoms with Gasteiger partial charge in [0.25, 0.3) is 5.91 Å². The van der Waals surface area contributed by atoms with Crippen LogP contribution in [0.5, 0.6) is 0 Å². The number of unbranched alkanes of at least 4 members (excludes halogenated alkanes) is 1. The molecule has 1 N–H and O–H groups in total. The quantitative estimate of drug-likeness (QED) is 0.543. The van der Waals surface area contributed by atoms with E-state index in [2.05, 4.69) is 39.9 Å². The molecule has 29 heavy (non-hydrogen) atoms. The number of rotatable bonds is 4. The van der Waals surface area contributed by atoms with E-state index in [9.17, 15) is 4.79 Å². The van der Waals surface area contributed by atoms with E-state index in [1.165, 1.54) is 43.6 Å². The number of carbonyl (C=O) groups excluding carboxylic acids is 1. The Kier molecular flexibility index (Phi) is 6.53. The number of nitrogens with one attached hydrogen (secondary N) is 1. The van der Waals surface area contributed by atoms with Crippen molar-refractivity contribution in [3.8, 4) is 11.8 Å². The normalized spacial score (nSPS) is 16.7. The number of anilines is 3. The standard InChI is InChI=1S/C24H29N3OS/c1-19-23-20(18-29-19)24(28)25-21-12-6-7-13-22(21)27(23)17-11-5-4-10-16-26-14-8-2-3-9-15-26/h6-7,12-13,18H,2-3,5,8-9,11,14-17H2,1H3,(H,25,28). The predicted octanol–water partition coefficient (Wildman–Crippen LogP) is 5.42. The Balaban J connectivity index is 1.42. The van der Waals surface area contributed by atoms with Crippen molar-refractivity contribution in [2.75, 3.05) is 36.4 Å². The van der Waals surface area contributed by atoms with Crippen molar-refractivity contribution in [2.24, 2.45) is 0 Å². The Bertz CT molecular complexity index is 916. The molecule has 0 atom stereocenters. The van der Waals surface area contributed by atoms with Crippen LogP contribution in [0, 0.1) is 18.8 Å². The first kappa shape index (κ1) is 20.0. The first-order valence-corrected chi connectivity index (χ1v) is 11.6. The lowest BCUT2D eigenvalue weighted by Crippen LogP contribution is -2.24. The molecule has 0 aliphatic carbocycles. The third-order valence-corrected chi connectivity index (χ3v) is 6.61. The largest absolute Gasteiger partial charge is 0.338 e. The highest BCUT2D eigenvalue weighted by Crippen LogP contribution is 2.42. The summed E-state index contributed by atoms with van der Waals surface area (Å²) in [5.74, 6) is 6.74. The maximum absolute atomic E-state index is 12.7. The highest BCUT2D eigenvalue weighted by atomic mass is 32.1. The van der Waals surface area contributed by atoms with Crippen molar-refractivity contribution >= 4 is 34.3 Å². The summed E-state index contributed by atoms with van der Waals surface area (Å²) in [4.78, 5) is 18.6. The molecule has 5 heteroatoms. The summed E-state index contributed by atoms with van der Waals surface area (Å²) in [7, 11) is 0. The molecule has 152 valence electrons. The maximum Gasteiger partial charge on any atom is 0.258 e. The van der Waals surface area contributed by atoms with Crippen molar-refractivity contribution in [1.82, 2.24) is 4.90 Å². The molecule has 1 saturated heterocycles. The van der Waals surface area contributed by atoms with Gasteiger partial charge in [0.15, 0.2) is 0 Å². The average molecular weight is 408 g/mol. The number of amides is 1. The predicted molar refractivity (Wildman–Crippen MR) is 122 cm³/mol. The number of carbonyl (C=O) groups is 1. The van der Waals surface area contributed by atoms with Crippen molar-refractivity contribution in [2.45, 2.75) is 45.4 Å². The number of hydrogen-bond donors (Lipinski definition) is 1. The van der Waals surface area contributed by atoms with Crippen LogP contribution in [0.4, 0.5) is 17.1 Å². The van der Waals surface area contributed by atoms with E-state index < -0.39 is 0 Å². The van der Waals surface area contributed by atoms with E-state index in [1.54, 1.807) is 11.3 Å². The molecule has 0 saturated carbocycles. The van der Waals surface area contributed by atoms with Gasteiger partial charge >= 0.3 is 0 Å². The van der Waals surface area contributed by atoms with Crippen LogP contribution in [0.3, 0.4) is 0 Å². The molecule has 0 spiro atoms. The minimum Gasteiger partial charge on any atom is -0.338 e. The van der Waals surface area contributed by atoms with Gasteiger partial charge in [-0.25, -0.2) is 0 Å². The van der Waals surface area contributed by atoms with Gasteiger partial charge in [0.2, 0.25) is 0 Å². The molecule has 0 unspecified atom stereocenters. The first-order valence-electron chi connectivity index (χ1n) is 10.7. The summed E-state index contributed by atoms with van der Waals surface area (Å²) in [5, 5.41) is 5.04. The van der Waals surface area contributed by atoms with Crippen LogP contribution >= 0.6 is 11.3 Å². The molecular formula is C24H29N3OS. The minimum absolute atomic E-state index is 0.0171. The molecule has 0 bridgehead atoms. The third-order valence-electron chi connectivity index (χ3n) is 5.71. The number of hydrogen-bond acceptors (Lipinski definition) is 4. The van der Waals surface area contributed by atoms with E-state index in [0.717, 1.165) is 48.6 Å². The minimum atomic E-state index is -0.0171. The number of fused-ring (bicyclic) bond motifs is 2. The van der Waals surface area contributed by atoms with Crippen LogP contribution in [-0.4, -0.2) is 37.0 Å². The number of likely N-dealkylation sites (tertiary alicyclic amines) is 1. The maximum atomic E-state index is 12.7. The fourth-order valence-corrected chi connectivity index (χ4v) is 5.02. The molecule has 2 aliphatic rings. The average Bonchev–Trinajstić information content (AvgIpc) is 2.89. The summed E-state index contributed by atoms with van der Waals surface area (Å²) in [6.45, 7) is 6.24. The van der Waals surface area contributed by atoms with Gasteiger partial charge in [-0.1, -0.05) is 30.9 Å². The number of nitrogens with zero attached hydrogens (tertiary/aromatic N) is 2. The Morgan fingerprint density at radius 1 is 1.10 bits per heavy atom. The molecule has 2 aromatic rings. The molecule has 0 radical (unpaired) electrons. The lowest BCUT2D eigenvalue weighted by molar-refractivity contribution is 0.102. The zero-order chi connectivity index (χ0) is 20.1.